The SMILES string of the molecule is COC1=N/C(=C/c2ccc(C)cc2)C(C)=C1C. The van der Waals surface area contributed by atoms with E-state index < -0.39 is 0 Å². The first-order chi connectivity index (χ1) is 8.11. The van der Waals surface area contributed by atoms with Gasteiger partial charge in [0, 0.05) is 5.57 Å². The molecule has 0 bridgehead atoms. The average molecular weight is 227 g/mol. The first-order valence-electron chi connectivity index (χ1n) is 5.71. The maximum Gasteiger partial charge on any atom is 0.216 e. The van der Waals surface area contributed by atoms with Crippen LogP contribution in [0, 0.1) is 6.92 Å². The summed E-state index contributed by atoms with van der Waals surface area (Å²) in [7, 11) is 1.66. The summed E-state index contributed by atoms with van der Waals surface area (Å²) < 4.78 is 5.23. The minimum absolute atomic E-state index is 0.723. The number of aliphatic imine (C=N–C) groups is 1. The zero-order chi connectivity index (χ0) is 12.4. The number of rotatable bonds is 1. The molecule has 0 atom stereocenters. The molecule has 0 fully saturated rings. The fraction of sp³-hybridized carbons (Fsp3) is 0.267. The van der Waals surface area contributed by atoms with Gasteiger partial charge in [-0.15, -0.1) is 0 Å². The Bertz CT molecular complexity index is 518. The molecule has 2 rings (SSSR count). The lowest BCUT2D eigenvalue weighted by Gasteiger charge is -1.98. The molecule has 0 radical (unpaired) electrons. The van der Waals surface area contributed by atoms with Crippen molar-refractivity contribution in [2.75, 3.05) is 7.11 Å². The Hall–Kier alpha value is -1.83. The van der Waals surface area contributed by atoms with E-state index in [0.717, 1.165) is 17.2 Å². The van der Waals surface area contributed by atoms with Crippen LogP contribution >= 0.6 is 0 Å². The molecule has 0 aliphatic carbocycles. The van der Waals surface area contributed by atoms with Crippen LogP contribution in [0.1, 0.15) is 25.0 Å². The Kier molecular flexibility index (Phi) is 3.14. The van der Waals surface area contributed by atoms with Crippen molar-refractivity contribution in [1.82, 2.24) is 0 Å². The van der Waals surface area contributed by atoms with Gasteiger partial charge in [0.2, 0.25) is 5.90 Å². The highest BCUT2D eigenvalue weighted by Gasteiger charge is 2.17. The van der Waals surface area contributed by atoms with E-state index in [0.29, 0.717) is 0 Å². The largest absolute Gasteiger partial charge is 0.481 e. The van der Waals surface area contributed by atoms with Crippen LogP contribution in [0.15, 0.2) is 46.1 Å². The molecular formula is C15H17NO. The summed E-state index contributed by atoms with van der Waals surface area (Å²) in [4.78, 5) is 4.47. The Labute approximate surface area is 102 Å². The van der Waals surface area contributed by atoms with Gasteiger partial charge >= 0.3 is 0 Å². The third-order valence-corrected chi connectivity index (χ3v) is 3.06. The van der Waals surface area contributed by atoms with Crippen LogP contribution in [0.5, 0.6) is 0 Å². The minimum atomic E-state index is 0.723. The van der Waals surface area contributed by atoms with Gasteiger partial charge in [-0.25, -0.2) is 4.99 Å². The van der Waals surface area contributed by atoms with E-state index in [1.165, 1.54) is 16.7 Å². The summed E-state index contributed by atoms with van der Waals surface area (Å²) in [6.45, 7) is 6.20. The summed E-state index contributed by atoms with van der Waals surface area (Å²) in [5.41, 5.74) is 5.72. The third-order valence-electron chi connectivity index (χ3n) is 3.06. The molecule has 2 nitrogen and oxygen atoms in total. The van der Waals surface area contributed by atoms with Gasteiger partial charge < -0.3 is 4.74 Å². The van der Waals surface area contributed by atoms with Crippen LogP contribution < -0.4 is 0 Å². The molecule has 1 heterocycles. The van der Waals surface area contributed by atoms with Gasteiger partial charge in [-0.1, -0.05) is 29.8 Å². The van der Waals surface area contributed by atoms with Gasteiger partial charge in [0.05, 0.1) is 12.8 Å². The highest BCUT2D eigenvalue weighted by atomic mass is 16.5. The molecule has 0 saturated heterocycles. The van der Waals surface area contributed by atoms with E-state index in [2.05, 4.69) is 49.2 Å². The van der Waals surface area contributed by atoms with Crippen molar-refractivity contribution in [1.29, 1.82) is 0 Å². The van der Waals surface area contributed by atoms with Gasteiger partial charge in [0.25, 0.3) is 0 Å². The molecule has 2 heteroatoms. The summed E-state index contributed by atoms with van der Waals surface area (Å²) in [6.07, 6.45) is 2.09. The van der Waals surface area contributed by atoms with Crippen molar-refractivity contribution < 1.29 is 4.74 Å². The second kappa shape index (κ2) is 4.58. The molecule has 88 valence electrons. The maximum atomic E-state index is 5.23. The fourth-order valence-corrected chi connectivity index (χ4v) is 1.79. The first kappa shape index (κ1) is 11.6. The van der Waals surface area contributed by atoms with Crippen molar-refractivity contribution in [2.45, 2.75) is 20.8 Å². The lowest BCUT2D eigenvalue weighted by Crippen LogP contribution is -1.98. The van der Waals surface area contributed by atoms with Gasteiger partial charge in [-0.2, -0.15) is 0 Å². The molecular weight excluding hydrogens is 210 g/mol. The lowest BCUT2D eigenvalue weighted by molar-refractivity contribution is 0.404. The summed E-state index contributed by atoms with van der Waals surface area (Å²) in [6, 6.07) is 8.42. The van der Waals surface area contributed by atoms with Crippen LogP contribution in [0.25, 0.3) is 6.08 Å². The number of ether oxygens (including phenoxy) is 1. The average Bonchev–Trinajstić information content (AvgIpc) is 2.60. The molecule has 1 aliphatic heterocycles. The van der Waals surface area contributed by atoms with E-state index in [4.69, 9.17) is 4.74 Å². The Balaban J connectivity index is 2.36. The predicted molar refractivity (Wildman–Crippen MR) is 72.0 cm³/mol. The fourth-order valence-electron chi connectivity index (χ4n) is 1.79. The molecule has 0 amide bonds. The zero-order valence-electron chi connectivity index (χ0n) is 10.7. The Morgan fingerprint density at radius 3 is 2.18 bits per heavy atom. The number of methoxy groups -OCH3 is 1. The monoisotopic (exact) mass is 227 g/mol. The molecule has 17 heavy (non-hydrogen) atoms. The summed E-state index contributed by atoms with van der Waals surface area (Å²) in [5.74, 6) is 0.723. The smallest absolute Gasteiger partial charge is 0.216 e. The number of allylic oxidation sites excluding steroid dienone is 1. The van der Waals surface area contributed by atoms with E-state index in [1.807, 2.05) is 6.92 Å². The molecule has 0 spiro atoms. The zero-order valence-corrected chi connectivity index (χ0v) is 10.7. The van der Waals surface area contributed by atoms with Gasteiger partial charge in [-0.05, 0) is 38.0 Å². The molecule has 1 aliphatic rings. The summed E-state index contributed by atoms with van der Waals surface area (Å²) in [5, 5.41) is 0. The molecule has 1 aromatic carbocycles. The predicted octanol–water partition coefficient (Wildman–Crippen LogP) is 3.73. The standard InChI is InChI=1S/C15H17NO/c1-10-5-7-13(8-6-10)9-14-11(2)12(3)15(16-14)17-4/h5-9H,1-4H3/b14-9+. The summed E-state index contributed by atoms with van der Waals surface area (Å²) >= 11 is 0. The topological polar surface area (TPSA) is 21.6 Å². The van der Waals surface area contributed by atoms with Gasteiger partial charge in [-0.3, -0.25) is 0 Å². The number of aryl methyl sites for hydroxylation is 1. The van der Waals surface area contributed by atoms with Crippen LogP contribution in [0.2, 0.25) is 0 Å². The van der Waals surface area contributed by atoms with Gasteiger partial charge in [0.15, 0.2) is 0 Å². The van der Waals surface area contributed by atoms with Crippen molar-refractivity contribution in [2.24, 2.45) is 4.99 Å². The minimum Gasteiger partial charge on any atom is -0.481 e. The molecule has 0 saturated carbocycles. The van der Waals surface area contributed by atoms with E-state index in [9.17, 15) is 0 Å². The van der Waals surface area contributed by atoms with E-state index >= 15 is 0 Å². The maximum absolute atomic E-state index is 5.23. The Morgan fingerprint density at radius 1 is 1.00 bits per heavy atom. The molecule has 1 aromatic rings. The van der Waals surface area contributed by atoms with Crippen LogP contribution in [-0.2, 0) is 4.74 Å². The number of hydrogen-bond donors (Lipinski definition) is 0. The highest BCUT2D eigenvalue weighted by molar-refractivity contribution is 5.99. The molecule has 0 N–H and O–H groups in total. The van der Waals surface area contributed by atoms with E-state index in [1.54, 1.807) is 7.11 Å². The van der Waals surface area contributed by atoms with Crippen molar-refractivity contribution >= 4 is 12.0 Å². The number of hydrogen-bond acceptors (Lipinski definition) is 2. The van der Waals surface area contributed by atoms with Crippen molar-refractivity contribution in [3.8, 4) is 0 Å². The highest BCUT2D eigenvalue weighted by Crippen LogP contribution is 2.26. The van der Waals surface area contributed by atoms with Crippen LogP contribution in [0.3, 0.4) is 0 Å². The quantitative estimate of drug-likeness (QED) is 0.716. The Morgan fingerprint density at radius 2 is 1.65 bits per heavy atom. The van der Waals surface area contributed by atoms with Crippen molar-refractivity contribution in [3.63, 3.8) is 0 Å². The van der Waals surface area contributed by atoms with Crippen LogP contribution in [-0.4, -0.2) is 13.0 Å². The normalized spacial score (nSPS) is 17.6. The third kappa shape index (κ3) is 2.31. The van der Waals surface area contributed by atoms with Crippen molar-refractivity contribution in [3.05, 3.63) is 52.2 Å². The number of benzene rings is 1. The van der Waals surface area contributed by atoms with Crippen LogP contribution in [0.4, 0.5) is 0 Å². The first-order valence-corrected chi connectivity index (χ1v) is 5.71. The second-order valence-electron chi connectivity index (χ2n) is 4.31. The van der Waals surface area contributed by atoms with Gasteiger partial charge in [0.1, 0.15) is 0 Å². The number of nitrogens with zero attached hydrogens (tertiary/aromatic N) is 1. The lowest BCUT2D eigenvalue weighted by atomic mass is 10.1. The second-order valence-corrected chi connectivity index (χ2v) is 4.31. The molecule has 0 unspecified atom stereocenters. The van der Waals surface area contributed by atoms with E-state index in [-0.39, 0.29) is 0 Å². The molecule has 0 aromatic heterocycles.